The number of ether oxygens (including phenoxy) is 1. The number of nitrogens with zero attached hydrogens (tertiary/aromatic N) is 1. The van der Waals surface area contributed by atoms with Crippen molar-refractivity contribution in [3.8, 4) is 5.75 Å². The smallest absolute Gasteiger partial charge is 0.232 e. The molecule has 0 spiro atoms. The third kappa shape index (κ3) is 7.37. The van der Waals surface area contributed by atoms with Gasteiger partial charge >= 0.3 is 0 Å². The van der Waals surface area contributed by atoms with Gasteiger partial charge in [-0.15, -0.1) is 0 Å². The SMILES string of the molecule is Cc1ccc(OC[C@@H](C)NC(=O)CCCN(c2ccc(C)c(C)c2)S(C)(=O)=O)cc1. The summed E-state index contributed by atoms with van der Waals surface area (Å²) in [5.41, 5.74) is 3.92. The second kappa shape index (κ2) is 10.5. The second-order valence-corrected chi connectivity index (χ2v) is 9.71. The molecule has 2 rings (SSSR count). The number of nitrogens with one attached hydrogen (secondary N) is 1. The highest BCUT2D eigenvalue weighted by molar-refractivity contribution is 7.92. The lowest BCUT2D eigenvalue weighted by molar-refractivity contribution is -0.121. The molecule has 6 nitrogen and oxygen atoms in total. The molecular formula is C23H32N2O4S. The van der Waals surface area contributed by atoms with Crippen LogP contribution >= 0.6 is 0 Å². The van der Waals surface area contributed by atoms with Gasteiger partial charge in [-0.1, -0.05) is 23.8 Å². The van der Waals surface area contributed by atoms with Crippen LogP contribution in [0.4, 0.5) is 5.69 Å². The minimum atomic E-state index is -3.43. The zero-order chi connectivity index (χ0) is 22.3. The van der Waals surface area contributed by atoms with Crippen molar-refractivity contribution >= 4 is 21.6 Å². The number of anilines is 1. The molecule has 0 saturated heterocycles. The molecule has 7 heteroatoms. The highest BCUT2D eigenvalue weighted by atomic mass is 32.2. The molecule has 30 heavy (non-hydrogen) atoms. The van der Waals surface area contributed by atoms with E-state index in [1.807, 2.05) is 64.1 Å². The number of hydrogen-bond acceptors (Lipinski definition) is 4. The molecule has 1 amide bonds. The molecule has 1 N–H and O–H groups in total. The van der Waals surface area contributed by atoms with Gasteiger partial charge in [-0.2, -0.15) is 0 Å². The second-order valence-electron chi connectivity index (χ2n) is 7.80. The molecule has 0 saturated carbocycles. The average Bonchev–Trinajstić information content (AvgIpc) is 2.66. The summed E-state index contributed by atoms with van der Waals surface area (Å²) in [6.07, 6.45) is 1.86. The molecule has 1 atom stereocenters. The Bertz CT molecular complexity index is 956. The normalized spacial score (nSPS) is 12.3. The number of carbonyl (C=O) groups excluding carboxylic acids is 1. The molecule has 2 aromatic carbocycles. The minimum Gasteiger partial charge on any atom is -0.491 e. The average molecular weight is 433 g/mol. The maximum absolute atomic E-state index is 12.2. The molecule has 2 aromatic rings. The monoisotopic (exact) mass is 432 g/mol. The molecule has 0 aliphatic carbocycles. The van der Waals surface area contributed by atoms with Crippen molar-refractivity contribution in [1.82, 2.24) is 5.32 Å². The van der Waals surface area contributed by atoms with E-state index in [2.05, 4.69) is 5.32 Å². The Kier molecular flexibility index (Phi) is 8.29. The van der Waals surface area contributed by atoms with Crippen LogP contribution in [0.25, 0.3) is 0 Å². The van der Waals surface area contributed by atoms with Crippen LogP contribution in [0.2, 0.25) is 0 Å². The van der Waals surface area contributed by atoms with Gasteiger partial charge in [0.1, 0.15) is 12.4 Å². The lowest BCUT2D eigenvalue weighted by atomic mass is 10.1. The highest BCUT2D eigenvalue weighted by Crippen LogP contribution is 2.21. The van der Waals surface area contributed by atoms with E-state index in [9.17, 15) is 13.2 Å². The summed E-state index contributed by atoms with van der Waals surface area (Å²) in [4.78, 5) is 12.2. The fraction of sp³-hybridized carbons (Fsp3) is 0.435. The quantitative estimate of drug-likeness (QED) is 0.621. The van der Waals surface area contributed by atoms with Crippen LogP contribution < -0.4 is 14.4 Å². The zero-order valence-electron chi connectivity index (χ0n) is 18.4. The lowest BCUT2D eigenvalue weighted by Crippen LogP contribution is -2.37. The van der Waals surface area contributed by atoms with Gasteiger partial charge < -0.3 is 10.1 Å². The number of benzene rings is 2. The Hall–Kier alpha value is -2.54. The molecule has 0 unspecified atom stereocenters. The van der Waals surface area contributed by atoms with Crippen molar-refractivity contribution in [3.63, 3.8) is 0 Å². The molecule has 0 fully saturated rings. The number of amides is 1. The van der Waals surface area contributed by atoms with Gasteiger partial charge in [-0.05, 0) is 69.5 Å². The zero-order valence-corrected chi connectivity index (χ0v) is 19.3. The molecular weight excluding hydrogens is 400 g/mol. The number of sulfonamides is 1. The van der Waals surface area contributed by atoms with Crippen LogP contribution in [0, 0.1) is 20.8 Å². The van der Waals surface area contributed by atoms with Crippen molar-refractivity contribution in [3.05, 3.63) is 59.2 Å². The van der Waals surface area contributed by atoms with Gasteiger partial charge in [0.2, 0.25) is 15.9 Å². The summed E-state index contributed by atoms with van der Waals surface area (Å²) < 4.78 is 31.5. The van der Waals surface area contributed by atoms with E-state index < -0.39 is 10.0 Å². The largest absolute Gasteiger partial charge is 0.491 e. The maximum Gasteiger partial charge on any atom is 0.232 e. The number of rotatable bonds is 10. The molecule has 0 heterocycles. The summed E-state index contributed by atoms with van der Waals surface area (Å²) >= 11 is 0. The summed E-state index contributed by atoms with van der Waals surface area (Å²) in [5, 5.41) is 2.90. The first-order valence-electron chi connectivity index (χ1n) is 10.1. The Morgan fingerprint density at radius 2 is 1.73 bits per heavy atom. The Balaban J connectivity index is 1.83. The molecule has 0 bridgehead atoms. The van der Waals surface area contributed by atoms with E-state index in [0.717, 1.165) is 22.4 Å². The van der Waals surface area contributed by atoms with Crippen molar-refractivity contribution in [2.75, 3.05) is 23.7 Å². The van der Waals surface area contributed by atoms with E-state index in [4.69, 9.17) is 4.74 Å². The Morgan fingerprint density at radius 3 is 2.33 bits per heavy atom. The van der Waals surface area contributed by atoms with Crippen molar-refractivity contribution in [2.45, 2.75) is 46.6 Å². The van der Waals surface area contributed by atoms with Crippen LogP contribution in [-0.2, 0) is 14.8 Å². The van der Waals surface area contributed by atoms with E-state index in [1.54, 1.807) is 6.07 Å². The summed E-state index contributed by atoms with van der Waals surface area (Å²) in [6, 6.07) is 13.2. The van der Waals surface area contributed by atoms with Gasteiger partial charge in [-0.3, -0.25) is 9.10 Å². The first-order chi connectivity index (χ1) is 14.1. The first-order valence-corrected chi connectivity index (χ1v) is 11.9. The van der Waals surface area contributed by atoms with Crippen LogP contribution in [0.15, 0.2) is 42.5 Å². The van der Waals surface area contributed by atoms with E-state index in [0.29, 0.717) is 18.7 Å². The van der Waals surface area contributed by atoms with Crippen LogP contribution in [0.1, 0.15) is 36.5 Å². The van der Waals surface area contributed by atoms with E-state index >= 15 is 0 Å². The molecule has 0 aliphatic heterocycles. The predicted molar refractivity (Wildman–Crippen MR) is 122 cm³/mol. The standard InChI is InChI=1S/C23H32N2O4S/c1-17-8-12-22(13-9-17)29-16-20(4)24-23(26)7-6-14-25(30(5,27)28)21-11-10-18(2)19(3)15-21/h8-13,15,20H,6-7,14,16H2,1-5H3,(H,24,26)/t20-/m1/s1. The van der Waals surface area contributed by atoms with E-state index in [-0.39, 0.29) is 24.9 Å². The summed E-state index contributed by atoms with van der Waals surface area (Å²) in [5.74, 6) is 0.641. The lowest BCUT2D eigenvalue weighted by Gasteiger charge is -2.23. The highest BCUT2D eigenvalue weighted by Gasteiger charge is 2.18. The van der Waals surface area contributed by atoms with Crippen LogP contribution in [0.5, 0.6) is 5.75 Å². The third-order valence-corrected chi connectivity index (χ3v) is 6.07. The topological polar surface area (TPSA) is 75.7 Å². The number of carbonyl (C=O) groups is 1. The molecule has 0 radical (unpaired) electrons. The minimum absolute atomic E-state index is 0.122. The molecule has 164 valence electrons. The number of aryl methyl sites for hydroxylation is 3. The predicted octanol–water partition coefficient (Wildman–Crippen LogP) is 3.74. The summed E-state index contributed by atoms with van der Waals surface area (Å²) in [7, 11) is -3.43. The van der Waals surface area contributed by atoms with Gasteiger partial charge in [0.15, 0.2) is 0 Å². The van der Waals surface area contributed by atoms with Crippen molar-refractivity contribution < 1.29 is 17.9 Å². The van der Waals surface area contributed by atoms with Crippen LogP contribution in [0.3, 0.4) is 0 Å². The Morgan fingerprint density at radius 1 is 1.07 bits per heavy atom. The number of hydrogen-bond donors (Lipinski definition) is 1. The fourth-order valence-corrected chi connectivity index (χ4v) is 3.95. The fourth-order valence-electron chi connectivity index (χ4n) is 2.99. The van der Waals surface area contributed by atoms with Crippen LogP contribution in [-0.4, -0.2) is 39.8 Å². The Labute approximate surface area is 180 Å². The third-order valence-electron chi connectivity index (χ3n) is 4.87. The van der Waals surface area contributed by atoms with Gasteiger partial charge in [-0.25, -0.2) is 8.42 Å². The molecule has 0 aliphatic rings. The molecule has 0 aromatic heterocycles. The van der Waals surface area contributed by atoms with Gasteiger partial charge in [0.05, 0.1) is 18.0 Å². The first kappa shape index (κ1) is 23.7. The van der Waals surface area contributed by atoms with Crippen molar-refractivity contribution in [1.29, 1.82) is 0 Å². The maximum atomic E-state index is 12.2. The van der Waals surface area contributed by atoms with E-state index in [1.165, 1.54) is 10.6 Å². The van der Waals surface area contributed by atoms with Gasteiger partial charge in [0, 0.05) is 13.0 Å². The van der Waals surface area contributed by atoms with Crippen molar-refractivity contribution in [2.24, 2.45) is 0 Å². The summed E-state index contributed by atoms with van der Waals surface area (Å²) in [6.45, 7) is 8.45. The van der Waals surface area contributed by atoms with Gasteiger partial charge in [0.25, 0.3) is 0 Å².